The summed E-state index contributed by atoms with van der Waals surface area (Å²) in [6, 6.07) is 8.20. The molecule has 2 amide bonds. The summed E-state index contributed by atoms with van der Waals surface area (Å²) in [5.41, 5.74) is 0. The molecule has 0 saturated carbocycles. The van der Waals surface area contributed by atoms with E-state index < -0.39 is 0 Å². The van der Waals surface area contributed by atoms with Crippen molar-refractivity contribution in [2.24, 2.45) is 0 Å². The largest absolute Gasteiger partial charge is 0.448 e. The molecule has 1 saturated heterocycles. The molecule has 132 valence electrons. The van der Waals surface area contributed by atoms with Crippen LogP contribution in [-0.4, -0.2) is 48.9 Å². The Hall–Kier alpha value is -1.21. The van der Waals surface area contributed by atoms with Gasteiger partial charge in [0, 0.05) is 28.9 Å². The van der Waals surface area contributed by atoms with Crippen LogP contribution >= 0.6 is 27.7 Å². The zero-order valence-electron chi connectivity index (χ0n) is 13.6. The van der Waals surface area contributed by atoms with Crippen LogP contribution in [0.1, 0.15) is 25.7 Å². The fourth-order valence-corrected chi connectivity index (χ4v) is 3.92. The Kier molecular flexibility index (Phi) is 8.45. The quantitative estimate of drug-likeness (QED) is 0.468. The average molecular weight is 415 g/mol. The Morgan fingerprint density at radius 3 is 2.88 bits per heavy atom. The summed E-state index contributed by atoms with van der Waals surface area (Å²) in [6.45, 7) is 2.40. The fraction of sp³-hybridized carbons (Fsp3) is 0.529. The molecule has 0 atom stereocenters. The van der Waals surface area contributed by atoms with Crippen molar-refractivity contribution in [1.82, 2.24) is 10.2 Å². The third-order valence-electron chi connectivity index (χ3n) is 3.66. The summed E-state index contributed by atoms with van der Waals surface area (Å²) in [4.78, 5) is 25.9. The highest BCUT2D eigenvalue weighted by molar-refractivity contribution is 9.10. The molecular weight excluding hydrogens is 392 g/mol. The molecule has 0 spiro atoms. The van der Waals surface area contributed by atoms with Gasteiger partial charge in [0.25, 0.3) is 0 Å². The van der Waals surface area contributed by atoms with E-state index >= 15 is 0 Å². The Bertz CT molecular complexity index is 556. The van der Waals surface area contributed by atoms with Gasteiger partial charge in [-0.2, -0.15) is 0 Å². The van der Waals surface area contributed by atoms with Gasteiger partial charge in [-0.3, -0.25) is 4.79 Å². The number of nitrogens with zero attached hydrogens (tertiary/aromatic N) is 1. The van der Waals surface area contributed by atoms with Crippen molar-refractivity contribution in [2.45, 2.75) is 30.6 Å². The molecular formula is C17H23BrN2O3S. The fourth-order valence-electron chi connectivity index (χ4n) is 2.35. The van der Waals surface area contributed by atoms with Gasteiger partial charge in [-0.25, -0.2) is 4.79 Å². The molecule has 0 aromatic heterocycles. The normalized spacial score (nSPS) is 13.9. The maximum atomic E-state index is 11.7. The molecule has 1 aliphatic heterocycles. The number of carbonyl (C=O) groups excluding carboxylic acids is 2. The van der Waals surface area contributed by atoms with Crippen molar-refractivity contribution in [2.75, 3.05) is 32.0 Å². The second kappa shape index (κ2) is 10.6. The lowest BCUT2D eigenvalue weighted by Crippen LogP contribution is -2.28. The molecule has 5 nitrogen and oxygen atoms in total. The highest BCUT2D eigenvalue weighted by atomic mass is 79.9. The molecule has 24 heavy (non-hydrogen) atoms. The number of ether oxygens (including phenoxy) is 1. The van der Waals surface area contributed by atoms with E-state index in [1.807, 2.05) is 30.0 Å². The number of hydrogen-bond acceptors (Lipinski definition) is 4. The maximum Gasteiger partial charge on any atom is 0.409 e. The third kappa shape index (κ3) is 6.73. The second-order valence-corrected chi connectivity index (χ2v) is 7.53. The minimum atomic E-state index is -0.266. The van der Waals surface area contributed by atoms with Crippen LogP contribution in [0.5, 0.6) is 0 Å². The van der Waals surface area contributed by atoms with Crippen molar-refractivity contribution in [3.8, 4) is 0 Å². The third-order valence-corrected chi connectivity index (χ3v) is 5.78. The van der Waals surface area contributed by atoms with Gasteiger partial charge in [0.2, 0.25) is 5.91 Å². The first-order chi connectivity index (χ1) is 11.7. The second-order valence-electron chi connectivity index (χ2n) is 5.54. The molecule has 1 aromatic rings. The first-order valence-corrected chi connectivity index (χ1v) is 10.0. The molecule has 1 aliphatic rings. The van der Waals surface area contributed by atoms with Gasteiger partial charge in [0.15, 0.2) is 0 Å². The SMILES string of the molecule is O=C(CCCN1CCOC1=O)NCCCCSc1ccccc1Br. The van der Waals surface area contributed by atoms with Gasteiger partial charge in [-0.15, -0.1) is 11.8 Å². The van der Waals surface area contributed by atoms with Gasteiger partial charge in [0.1, 0.15) is 6.61 Å². The van der Waals surface area contributed by atoms with Gasteiger partial charge in [-0.1, -0.05) is 12.1 Å². The minimum absolute atomic E-state index is 0.0565. The first kappa shape index (κ1) is 19.1. The topological polar surface area (TPSA) is 58.6 Å². The van der Waals surface area contributed by atoms with Gasteiger partial charge in [0.05, 0.1) is 6.54 Å². The molecule has 2 rings (SSSR count). The molecule has 1 aromatic carbocycles. The van der Waals surface area contributed by atoms with Crippen molar-refractivity contribution in [3.63, 3.8) is 0 Å². The maximum absolute atomic E-state index is 11.7. The van der Waals surface area contributed by atoms with E-state index in [2.05, 4.69) is 27.3 Å². The smallest absolute Gasteiger partial charge is 0.409 e. The average Bonchev–Trinajstić information content (AvgIpc) is 2.97. The van der Waals surface area contributed by atoms with E-state index in [4.69, 9.17) is 4.74 Å². The number of rotatable bonds is 10. The molecule has 0 aliphatic carbocycles. The van der Waals surface area contributed by atoms with E-state index in [1.165, 1.54) is 4.90 Å². The molecule has 0 radical (unpaired) electrons. The minimum Gasteiger partial charge on any atom is -0.448 e. The lowest BCUT2D eigenvalue weighted by atomic mass is 10.2. The summed E-state index contributed by atoms with van der Waals surface area (Å²) in [5, 5.41) is 2.94. The van der Waals surface area contributed by atoms with E-state index in [0.29, 0.717) is 39.1 Å². The summed E-state index contributed by atoms with van der Waals surface area (Å²) < 4.78 is 5.98. The Morgan fingerprint density at radius 2 is 2.12 bits per heavy atom. The van der Waals surface area contributed by atoms with Crippen molar-refractivity contribution in [1.29, 1.82) is 0 Å². The monoisotopic (exact) mass is 414 g/mol. The number of nitrogens with one attached hydrogen (secondary N) is 1. The number of carbonyl (C=O) groups is 2. The van der Waals surface area contributed by atoms with Gasteiger partial charge in [-0.05, 0) is 53.1 Å². The number of thioether (sulfide) groups is 1. The predicted molar refractivity (Wildman–Crippen MR) is 99.3 cm³/mol. The van der Waals surface area contributed by atoms with Crippen molar-refractivity contribution >= 4 is 39.7 Å². The molecule has 7 heteroatoms. The molecule has 1 fully saturated rings. The first-order valence-electron chi connectivity index (χ1n) is 8.22. The lowest BCUT2D eigenvalue weighted by Gasteiger charge is -2.11. The summed E-state index contributed by atoms with van der Waals surface area (Å²) >= 11 is 5.37. The number of cyclic esters (lactones) is 1. The van der Waals surface area contributed by atoms with Crippen LogP contribution in [0, 0.1) is 0 Å². The summed E-state index contributed by atoms with van der Waals surface area (Å²) in [7, 11) is 0. The molecule has 0 bridgehead atoms. The number of unbranched alkanes of at least 4 members (excludes halogenated alkanes) is 1. The lowest BCUT2D eigenvalue weighted by molar-refractivity contribution is -0.121. The van der Waals surface area contributed by atoms with Crippen LogP contribution < -0.4 is 5.32 Å². The summed E-state index contributed by atoms with van der Waals surface area (Å²) in [6.07, 6.45) is 2.90. The molecule has 0 unspecified atom stereocenters. The Labute approximate surface area is 155 Å². The predicted octanol–water partition coefficient (Wildman–Crippen LogP) is 3.67. The van der Waals surface area contributed by atoms with Crippen LogP contribution in [-0.2, 0) is 9.53 Å². The van der Waals surface area contributed by atoms with Crippen molar-refractivity contribution in [3.05, 3.63) is 28.7 Å². The van der Waals surface area contributed by atoms with E-state index in [0.717, 1.165) is 23.1 Å². The van der Waals surface area contributed by atoms with Crippen LogP contribution in [0.3, 0.4) is 0 Å². The number of amides is 2. The van der Waals surface area contributed by atoms with E-state index in [9.17, 15) is 9.59 Å². The Balaban J connectivity index is 1.46. The number of benzene rings is 1. The van der Waals surface area contributed by atoms with Crippen LogP contribution in [0.15, 0.2) is 33.6 Å². The van der Waals surface area contributed by atoms with Crippen LogP contribution in [0.4, 0.5) is 4.79 Å². The van der Waals surface area contributed by atoms with E-state index in [-0.39, 0.29) is 12.0 Å². The zero-order valence-corrected chi connectivity index (χ0v) is 16.0. The molecule has 1 N–H and O–H groups in total. The van der Waals surface area contributed by atoms with Crippen LogP contribution in [0.25, 0.3) is 0 Å². The zero-order chi connectivity index (χ0) is 17.2. The Morgan fingerprint density at radius 1 is 1.29 bits per heavy atom. The highest BCUT2D eigenvalue weighted by Crippen LogP contribution is 2.27. The van der Waals surface area contributed by atoms with Gasteiger partial charge < -0.3 is 15.0 Å². The van der Waals surface area contributed by atoms with Gasteiger partial charge >= 0.3 is 6.09 Å². The number of hydrogen-bond donors (Lipinski definition) is 1. The molecule has 1 heterocycles. The van der Waals surface area contributed by atoms with Crippen molar-refractivity contribution < 1.29 is 14.3 Å². The number of halogens is 1. The standard InChI is InChI=1S/C17H23BrN2O3S/c18-14-6-1-2-7-15(14)24-13-4-3-9-19-16(21)8-5-10-20-11-12-23-17(20)22/h1-2,6-7H,3-5,8-13H2,(H,19,21). The van der Waals surface area contributed by atoms with Crippen LogP contribution in [0.2, 0.25) is 0 Å². The highest BCUT2D eigenvalue weighted by Gasteiger charge is 2.21. The summed E-state index contributed by atoms with van der Waals surface area (Å²) in [5.74, 6) is 1.09. The van der Waals surface area contributed by atoms with E-state index in [1.54, 1.807) is 4.90 Å².